The second-order valence-electron chi connectivity index (χ2n) is 3.86. The van der Waals surface area contributed by atoms with Crippen molar-refractivity contribution in [1.29, 1.82) is 0 Å². The van der Waals surface area contributed by atoms with Crippen LogP contribution in [0, 0.1) is 6.92 Å². The van der Waals surface area contributed by atoms with Crippen LogP contribution in [0.4, 0.5) is 0 Å². The summed E-state index contributed by atoms with van der Waals surface area (Å²) >= 11 is 7.87. The van der Waals surface area contributed by atoms with Crippen LogP contribution in [0.5, 0.6) is 0 Å². The smallest absolute Gasteiger partial charge is 0.107 e. The number of aryl methyl sites for hydroxylation is 1. The zero-order valence-electron chi connectivity index (χ0n) is 8.37. The minimum atomic E-state index is 0.338. The van der Waals surface area contributed by atoms with E-state index >= 15 is 0 Å². The molecule has 4 heteroatoms. The van der Waals surface area contributed by atoms with Crippen molar-refractivity contribution in [2.75, 3.05) is 13.1 Å². The quantitative estimate of drug-likeness (QED) is 0.727. The zero-order valence-corrected chi connectivity index (χ0v) is 9.94. The summed E-state index contributed by atoms with van der Waals surface area (Å²) in [6.45, 7) is 5.20. The van der Waals surface area contributed by atoms with Gasteiger partial charge >= 0.3 is 0 Å². The number of piperidine rings is 1. The van der Waals surface area contributed by atoms with Crippen molar-refractivity contribution in [1.82, 2.24) is 9.88 Å². The Hall–Kier alpha value is -0.120. The van der Waals surface area contributed by atoms with E-state index in [1.807, 2.05) is 6.92 Å². The molecule has 1 aliphatic heterocycles. The molecule has 1 aromatic heterocycles. The first-order chi connectivity index (χ1) is 6.74. The first-order valence-electron chi connectivity index (χ1n) is 5.01. The van der Waals surface area contributed by atoms with Gasteiger partial charge in [-0.25, -0.2) is 4.98 Å². The van der Waals surface area contributed by atoms with Gasteiger partial charge in [-0.15, -0.1) is 22.9 Å². The van der Waals surface area contributed by atoms with Crippen LogP contribution in [0.15, 0.2) is 5.38 Å². The van der Waals surface area contributed by atoms with Crippen LogP contribution in [0.25, 0.3) is 0 Å². The third kappa shape index (κ3) is 2.69. The minimum absolute atomic E-state index is 0.338. The SMILES string of the molecule is Cc1csc(CN2CCCC(Cl)C2)n1. The molecule has 2 rings (SSSR count). The molecule has 0 saturated carbocycles. The lowest BCUT2D eigenvalue weighted by Crippen LogP contribution is -2.35. The zero-order chi connectivity index (χ0) is 9.97. The van der Waals surface area contributed by atoms with E-state index in [4.69, 9.17) is 11.6 Å². The molecule has 0 aromatic carbocycles. The molecule has 2 heterocycles. The molecule has 1 fully saturated rings. The van der Waals surface area contributed by atoms with Gasteiger partial charge in [0, 0.05) is 23.0 Å². The highest BCUT2D eigenvalue weighted by Crippen LogP contribution is 2.18. The molecule has 0 N–H and O–H groups in total. The second kappa shape index (κ2) is 4.60. The highest BCUT2D eigenvalue weighted by molar-refractivity contribution is 7.09. The van der Waals surface area contributed by atoms with Crippen molar-refractivity contribution in [3.8, 4) is 0 Å². The van der Waals surface area contributed by atoms with Crippen molar-refractivity contribution in [3.63, 3.8) is 0 Å². The van der Waals surface area contributed by atoms with E-state index in [0.29, 0.717) is 5.38 Å². The standard InChI is InChI=1S/C10H15ClN2S/c1-8-7-14-10(12-8)6-13-4-2-3-9(11)5-13/h7,9H,2-6H2,1H3. The molecule has 0 radical (unpaired) electrons. The molecule has 1 aromatic rings. The molecule has 1 saturated heterocycles. The average Bonchev–Trinajstić information content (AvgIpc) is 2.51. The Morgan fingerprint density at radius 3 is 3.21 bits per heavy atom. The van der Waals surface area contributed by atoms with Crippen LogP contribution < -0.4 is 0 Å². The summed E-state index contributed by atoms with van der Waals surface area (Å²) in [6, 6.07) is 0. The molecule has 2 nitrogen and oxygen atoms in total. The number of thiazole rings is 1. The van der Waals surface area contributed by atoms with Gasteiger partial charge in [0.2, 0.25) is 0 Å². The number of hydrogen-bond acceptors (Lipinski definition) is 3. The van der Waals surface area contributed by atoms with E-state index in [0.717, 1.165) is 25.2 Å². The summed E-state index contributed by atoms with van der Waals surface area (Å²) in [4.78, 5) is 6.87. The van der Waals surface area contributed by atoms with Gasteiger partial charge in [0.25, 0.3) is 0 Å². The second-order valence-corrected chi connectivity index (χ2v) is 5.42. The van der Waals surface area contributed by atoms with Gasteiger partial charge in [-0.05, 0) is 26.3 Å². The van der Waals surface area contributed by atoms with Crippen molar-refractivity contribution in [3.05, 3.63) is 16.1 Å². The molecular weight excluding hydrogens is 216 g/mol. The number of halogens is 1. The van der Waals surface area contributed by atoms with Crippen LogP contribution in [-0.4, -0.2) is 28.4 Å². The monoisotopic (exact) mass is 230 g/mol. The van der Waals surface area contributed by atoms with Gasteiger partial charge in [0.05, 0.1) is 6.54 Å². The molecule has 1 unspecified atom stereocenters. The van der Waals surface area contributed by atoms with Crippen LogP contribution in [0.2, 0.25) is 0 Å². The van der Waals surface area contributed by atoms with Crippen LogP contribution in [-0.2, 0) is 6.54 Å². The number of likely N-dealkylation sites (tertiary alicyclic amines) is 1. The summed E-state index contributed by atoms with van der Waals surface area (Å²) < 4.78 is 0. The molecule has 1 atom stereocenters. The predicted molar refractivity (Wildman–Crippen MR) is 61.0 cm³/mol. The Morgan fingerprint density at radius 2 is 2.57 bits per heavy atom. The highest BCUT2D eigenvalue weighted by Gasteiger charge is 2.18. The fraction of sp³-hybridized carbons (Fsp3) is 0.700. The van der Waals surface area contributed by atoms with Crippen molar-refractivity contribution in [2.24, 2.45) is 0 Å². The maximum absolute atomic E-state index is 6.12. The predicted octanol–water partition coefficient (Wildman–Crippen LogP) is 2.65. The minimum Gasteiger partial charge on any atom is -0.295 e. The van der Waals surface area contributed by atoms with Crippen molar-refractivity contribution >= 4 is 22.9 Å². The van der Waals surface area contributed by atoms with E-state index in [1.54, 1.807) is 11.3 Å². The molecule has 78 valence electrons. The molecule has 14 heavy (non-hydrogen) atoms. The van der Waals surface area contributed by atoms with Crippen LogP contribution >= 0.6 is 22.9 Å². The number of hydrogen-bond donors (Lipinski definition) is 0. The van der Waals surface area contributed by atoms with Crippen LogP contribution in [0.3, 0.4) is 0 Å². The lowest BCUT2D eigenvalue weighted by Gasteiger charge is -2.28. The summed E-state index contributed by atoms with van der Waals surface area (Å²) in [6.07, 6.45) is 2.38. The fourth-order valence-corrected chi connectivity index (χ4v) is 2.97. The normalized spacial score (nSPS) is 24.0. The van der Waals surface area contributed by atoms with Gasteiger partial charge in [-0.1, -0.05) is 0 Å². The molecule has 0 amide bonds. The first-order valence-corrected chi connectivity index (χ1v) is 6.33. The Morgan fingerprint density at radius 1 is 1.71 bits per heavy atom. The van der Waals surface area contributed by atoms with Crippen molar-refractivity contribution < 1.29 is 0 Å². The van der Waals surface area contributed by atoms with Gasteiger partial charge < -0.3 is 0 Å². The van der Waals surface area contributed by atoms with E-state index in [2.05, 4.69) is 15.3 Å². The molecular formula is C10H15ClN2S. The van der Waals surface area contributed by atoms with E-state index in [-0.39, 0.29) is 0 Å². The average molecular weight is 231 g/mol. The highest BCUT2D eigenvalue weighted by atomic mass is 35.5. The van der Waals surface area contributed by atoms with E-state index in [9.17, 15) is 0 Å². The topological polar surface area (TPSA) is 16.1 Å². The number of nitrogens with zero attached hydrogens (tertiary/aromatic N) is 2. The lowest BCUT2D eigenvalue weighted by molar-refractivity contribution is 0.224. The third-order valence-electron chi connectivity index (χ3n) is 2.47. The molecule has 0 bridgehead atoms. The third-order valence-corrected chi connectivity index (χ3v) is 3.78. The first kappa shape index (κ1) is 10.4. The summed E-state index contributed by atoms with van der Waals surface area (Å²) in [5, 5.41) is 3.66. The Labute approximate surface area is 93.9 Å². The largest absolute Gasteiger partial charge is 0.295 e. The maximum Gasteiger partial charge on any atom is 0.107 e. The molecule has 0 spiro atoms. The van der Waals surface area contributed by atoms with Gasteiger partial charge in [0.1, 0.15) is 5.01 Å². The van der Waals surface area contributed by atoms with Gasteiger partial charge in [-0.3, -0.25) is 4.90 Å². The number of rotatable bonds is 2. The van der Waals surface area contributed by atoms with Gasteiger partial charge in [-0.2, -0.15) is 0 Å². The van der Waals surface area contributed by atoms with E-state index in [1.165, 1.54) is 18.0 Å². The summed E-state index contributed by atoms with van der Waals surface area (Å²) in [7, 11) is 0. The summed E-state index contributed by atoms with van der Waals surface area (Å²) in [5.41, 5.74) is 1.13. The maximum atomic E-state index is 6.12. The summed E-state index contributed by atoms with van der Waals surface area (Å²) in [5.74, 6) is 0. The molecule has 1 aliphatic rings. The van der Waals surface area contributed by atoms with Crippen LogP contribution in [0.1, 0.15) is 23.5 Å². The Bertz CT molecular complexity index is 300. The number of aromatic nitrogens is 1. The molecule has 0 aliphatic carbocycles. The Balaban J connectivity index is 1.90. The Kier molecular flexibility index (Phi) is 3.42. The van der Waals surface area contributed by atoms with Crippen molar-refractivity contribution in [2.45, 2.75) is 31.7 Å². The number of alkyl halides is 1. The van der Waals surface area contributed by atoms with Gasteiger partial charge in [0.15, 0.2) is 0 Å². The lowest BCUT2D eigenvalue weighted by atomic mass is 10.1. The van der Waals surface area contributed by atoms with E-state index < -0.39 is 0 Å². The fourth-order valence-electron chi connectivity index (χ4n) is 1.81.